The zero-order valence-electron chi connectivity index (χ0n) is 23.5. The molecule has 0 aliphatic heterocycles. The van der Waals surface area contributed by atoms with E-state index in [1.165, 1.54) is 77.0 Å². The molecule has 37 heavy (non-hydrogen) atoms. The minimum Gasteiger partial charge on any atom is -0.418 e. The Hall–Kier alpha value is -1.61. The van der Waals surface area contributed by atoms with Crippen LogP contribution in [0.2, 0.25) is 0 Å². The third-order valence-electron chi connectivity index (χ3n) is 6.52. The molecule has 1 unspecified atom stereocenters. The van der Waals surface area contributed by atoms with Gasteiger partial charge in [-0.05, 0) is 49.9 Å². The highest BCUT2D eigenvalue weighted by atomic mass is 31.2. The SMILES string of the molecule is CCCCCCCCCCOC(CC)CCCCCCCOP(Oc1ccccc1)Oc1ccccc1. The first-order valence-corrected chi connectivity index (χ1v) is 15.9. The van der Waals surface area contributed by atoms with Crippen molar-refractivity contribution in [3.63, 3.8) is 0 Å². The normalized spacial score (nSPS) is 12.1. The number of hydrogen-bond donors (Lipinski definition) is 0. The molecule has 0 saturated carbocycles. The maximum absolute atomic E-state index is 6.16. The van der Waals surface area contributed by atoms with E-state index in [0.29, 0.717) is 12.7 Å². The van der Waals surface area contributed by atoms with Gasteiger partial charge in [-0.1, -0.05) is 121 Å². The van der Waals surface area contributed by atoms with E-state index in [2.05, 4.69) is 13.8 Å². The zero-order chi connectivity index (χ0) is 26.2. The van der Waals surface area contributed by atoms with E-state index in [1.807, 2.05) is 60.7 Å². The summed E-state index contributed by atoms with van der Waals surface area (Å²) >= 11 is 0. The van der Waals surface area contributed by atoms with E-state index in [1.54, 1.807) is 0 Å². The van der Waals surface area contributed by atoms with Crippen LogP contribution in [0.25, 0.3) is 0 Å². The Bertz CT molecular complexity index is 701. The second-order valence-corrected chi connectivity index (χ2v) is 10.9. The molecule has 1 atom stereocenters. The Kier molecular flexibility index (Phi) is 19.1. The number of benzene rings is 2. The van der Waals surface area contributed by atoms with Gasteiger partial charge in [0, 0.05) is 6.61 Å². The fraction of sp³-hybridized carbons (Fsp3) is 0.625. The molecule has 0 amide bonds. The highest BCUT2D eigenvalue weighted by Gasteiger charge is 2.17. The lowest BCUT2D eigenvalue weighted by molar-refractivity contribution is 0.0406. The summed E-state index contributed by atoms with van der Waals surface area (Å²) < 4.78 is 24.1. The molecule has 2 rings (SSSR count). The van der Waals surface area contributed by atoms with Gasteiger partial charge in [-0.2, -0.15) is 0 Å². The standard InChI is InChI=1S/C32H51O4P/c1-3-5-6-7-8-9-12-21-28-33-30(4-2)23-16-11-10-13-22-29-34-37(35-31-24-17-14-18-25-31)36-32-26-19-15-20-27-32/h14-15,17-20,24-27,30H,3-13,16,21-23,28-29H2,1-2H3. The third kappa shape index (κ3) is 16.8. The van der Waals surface area contributed by atoms with Gasteiger partial charge in [-0.15, -0.1) is 0 Å². The molecule has 0 aliphatic rings. The van der Waals surface area contributed by atoms with Crippen LogP contribution in [0.15, 0.2) is 60.7 Å². The maximum Gasteiger partial charge on any atom is 0.463 e. The fourth-order valence-electron chi connectivity index (χ4n) is 4.24. The number of unbranched alkanes of at least 4 members (excludes halogenated alkanes) is 11. The Morgan fingerprint density at radius 3 is 1.59 bits per heavy atom. The van der Waals surface area contributed by atoms with Crippen molar-refractivity contribution >= 4 is 8.60 Å². The summed E-state index contributed by atoms with van der Waals surface area (Å²) in [5, 5.41) is 0. The van der Waals surface area contributed by atoms with Gasteiger partial charge in [-0.25, -0.2) is 0 Å². The van der Waals surface area contributed by atoms with Gasteiger partial charge in [-0.3, -0.25) is 4.52 Å². The fourth-order valence-corrected chi connectivity index (χ4v) is 5.25. The highest BCUT2D eigenvalue weighted by molar-refractivity contribution is 7.42. The molecule has 0 saturated heterocycles. The summed E-state index contributed by atoms with van der Waals surface area (Å²) in [6.07, 6.45) is 19.5. The molecule has 0 radical (unpaired) electrons. The summed E-state index contributed by atoms with van der Waals surface area (Å²) in [6.45, 7) is 6.11. The lowest BCUT2D eigenvalue weighted by Gasteiger charge is -2.17. The second kappa shape index (κ2) is 22.4. The molecule has 5 heteroatoms. The lowest BCUT2D eigenvalue weighted by Crippen LogP contribution is -2.12. The van der Waals surface area contributed by atoms with Gasteiger partial charge in [0.2, 0.25) is 0 Å². The van der Waals surface area contributed by atoms with Crippen LogP contribution in [0.4, 0.5) is 0 Å². The van der Waals surface area contributed by atoms with Crippen LogP contribution in [-0.4, -0.2) is 19.3 Å². The molecule has 0 heterocycles. The Morgan fingerprint density at radius 2 is 1.05 bits per heavy atom. The second-order valence-electron chi connectivity index (χ2n) is 9.80. The number of rotatable bonds is 24. The third-order valence-corrected chi connectivity index (χ3v) is 7.63. The van der Waals surface area contributed by atoms with Gasteiger partial charge in [0.1, 0.15) is 11.5 Å². The van der Waals surface area contributed by atoms with Crippen molar-refractivity contribution in [2.24, 2.45) is 0 Å². The predicted molar refractivity (Wildman–Crippen MR) is 157 cm³/mol. The highest BCUT2D eigenvalue weighted by Crippen LogP contribution is 2.41. The van der Waals surface area contributed by atoms with E-state index >= 15 is 0 Å². The van der Waals surface area contributed by atoms with Gasteiger partial charge in [0.05, 0.1) is 12.7 Å². The summed E-state index contributed by atoms with van der Waals surface area (Å²) in [4.78, 5) is 0. The van der Waals surface area contributed by atoms with Gasteiger partial charge in [0.15, 0.2) is 0 Å². The Labute approximate surface area is 228 Å². The van der Waals surface area contributed by atoms with Crippen molar-refractivity contribution in [3.05, 3.63) is 60.7 Å². The topological polar surface area (TPSA) is 36.9 Å². The summed E-state index contributed by atoms with van der Waals surface area (Å²) in [5.74, 6) is 1.53. The minimum atomic E-state index is -1.48. The van der Waals surface area contributed by atoms with Crippen molar-refractivity contribution in [2.45, 2.75) is 116 Å². The van der Waals surface area contributed by atoms with E-state index in [-0.39, 0.29) is 0 Å². The summed E-state index contributed by atoms with van der Waals surface area (Å²) in [7, 11) is -1.48. The molecule has 0 aliphatic carbocycles. The van der Waals surface area contributed by atoms with Gasteiger partial charge < -0.3 is 13.8 Å². The van der Waals surface area contributed by atoms with E-state index < -0.39 is 8.60 Å². The quantitative estimate of drug-likeness (QED) is 0.0999. The predicted octanol–water partition coefficient (Wildman–Crippen LogP) is 10.7. The largest absolute Gasteiger partial charge is 0.463 e. The molecular weight excluding hydrogens is 479 g/mol. The van der Waals surface area contributed by atoms with Crippen molar-refractivity contribution in [1.29, 1.82) is 0 Å². The number of hydrogen-bond acceptors (Lipinski definition) is 4. The number of para-hydroxylation sites is 2. The maximum atomic E-state index is 6.16. The molecule has 0 spiro atoms. The monoisotopic (exact) mass is 530 g/mol. The first-order chi connectivity index (χ1) is 18.3. The Morgan fingerprint density at radius 1 is 0.568 bits per heavy atom. The first kappa shape index (κ1) is 31.6. The molecule has 0 aromatic heterocycles. The van der Waals surface area contributed by atoms with Crippen molar-refractivity contribution in [1.82, 2.24) is 0 Å². The number of ether oxygens (including phenoxy) is 1. The molecule has 4 nitrogen and oxygen atoms in total. The van der Waals surface area contributed by atoms with Crippen molar-refractivity contribution in [2.75, 3.05) is 13.2 Å². The van der Waals surface area contributed by atoms with Crippen LogP contribution < -0.4 is 9.05 Å². The zero-order valence-corrected chi connectivity index (χ0v) is 24.3. The minimum absolute atomic E-state index is 0.432. The van der Waals surface area contributed by atoms with Crippen LogP contribution >= 0.6 is 8.60 Å². The summed E-state index contributed by atoms with van der Waals surface area (Å²) in [6, 6.07) is 19.5. The van der Waals surface area contributed by atoms with Crippen LogP contribution in [0.3, 0.4) is 0 Å². The molecule has 208 valence electrons. The van der Waals surface area contributed by atoms with Crippen LogP contribution in [0.1, 0.15) is 110 Å². The van der Waals surface area contributed by atoms with Crippen LogP contribution in [-0.2, 0) is 9.26 Å². The smallest absolute Gasteiger partial charge is 0.418 e. The van der Waals surface area contributed by atoms with E-state index in [0.717, 1.165) is 37.4 Å². The van der Waals surface area contributed by atoms with Gasteiger partial charge >= 0.3 is 8.60 Å². The molecule has 2 aromatic carbocycles. The van der Waals surface area contributed by atoms with E-state index in [9.17, 15) is 0 Å². The average Bonchev–Trinajstić information content (AvgIpc) is 2.93. The molecule has 0 fully saturated rings. The lowest BCUT2D eigenvalue weighted by atomic mass is 10.1. The van der Waals surface area contributed by atoms with Gasteiger partial charge in [0.25, 0.3) is 0 Å². The van der Waals surface area contributed by atoms with Crippen LogP contribution in [0.5, 0.6) is 11.5 Å². The molecular formula is C32H51O4P. The first-order valence-electron chi connectivity index (χ1n) is 14.8. The van der Waals surface area contributed by atoms with E-state index in [4.69, 9.17) is 18.3 Å². The molecule has 2 aromatic rings. The van der Waals surface area contributed by atoms with Crippen molar-refractivity contribution < 1.29 is 18.3 Å². The molecule has 0 N–H and O–H groups in total. The Balaban J connectivity index is 1.50. The molecule has 0 bridgehead atoms. The van der Waals surface area contributed by atoms with Crippen molar-refractivity contribution in [3.8, 4) is 11.5 Å². The summed E-state index contributed by atoms with van der Waals surface area (Å²) in [5.41, 5.74) is 0. The average molecular weight is 531 g/mol. The van der Waals surface area contributed by atoms with Crippen LogP contribution in [0, 0.1) is 0 Å².